The average Bonchev–Trinajstić information content (AvgIpc) is 3.17. The van der Waals surface area contributed by atoms with E-state index in [-0.39, 0.29) is 11.4 Å². The van der Waals surface area contributed by atoms with Gasteiger partial charge in [0.2, 0.25) is 0 Å². The highest BCUT2D eigenvalue weighted by molar-refractivity contribution is 9.10. The number of nitrogens with one attached hydrogen (secondary N) is 2. The van der Waals surface area contributed by atoms with Gasteiger partial charge >= 0.3 is 0 Å². The van der Waals surface area contributed by atoms with Crippen LogP contribution >= 0.6 is 15.9 Å². The molecule has 1 heterocycles. The van der Waals surface area contributed by atoms with Gasteiger partial charge in [0.1, 0.15) is 17.3 Å². The SMILES string of the molecule is O=C(Nc1ccc(Br)cc1F)/C(=C/c1ccco1)NC(=O)c1ccccc1. The number of anilines is 1. The van der Waals surface area contributed by atoms with Crippen LogP contribution in [0.3, 0.4) is 0 Å². The van der Waals surface area contributed by atoms with Crippen molar-refractivity contribution in [2.45, 2.75) is 0 Å². The van der Waals surface area contributed by atoms with Gasteiger partial charge in [-0.1, -0.05) is 34.1 Å². The van der Waals surface area contributed by atoms with Gasteiger partial charge in [-0.15, -0.1) is 0 Å². The minimum atomic E-state index is -0.683. The van der Waals surface area contributed by atoms with Crippen molar-refractivity contribution in [1.82, 2.24) is 5.32 Å². The van der Waals surface area contributed by atoms with E-state index in [9.17, 15) is 14.0 Å². The van der Waals surface area contributed by atoms with Crippen molar-refractivity contribution in [2.75, 3.05) is 5.32 Å². The van der Waals surface area contributed by atoms with E-state index in [1.54, 1.807) is 48.5 Å². The Morgan fingerprint density at radius 1 is 1.04 bits per heavy atom. The minimum absolute atomic E-state index is 0.0116. The number of carbonyl (C=O) groups excluding carboxylic acids is 2. The second kappa shape index (κ2) is 8.46. The number of hydrogen-bond acceptors (Lipinski definition) is 3. The second-order valence-electron chi connectivity index (χ2n) is 5.47. The fraction of sp³-hybridized carbons (Fsp3) is 0. The standard InChI is InChI=1S/C20H14BrFN2O3/c21-14-8-9-17(16(22)11-14)23-20(26)18(12-15-7-4-10-27-15)24-19(25)13-5-2-1-3-6-13/h1-12H,(H,23,26)(H,24,25)/b18-12-. The third kappa shape index (κ3) is 4.92. The summed E-state index contributed by atoms with van der Waals surface area (Å²) >= 11 is 3.16. The van der Waals surface area contributed by atoms with E-state index < -0.39 is 17.6 Å². The van der Waals surface area contributed by atoms with Crippen molar-refractivity contribution < 1.29 is 18.4 Å². The number of amides is 2. The van der Waals surface area contributed by atoms with Crippen molar-refractivity contribution in [1.29, 1.82) is 0 Å². The molecule has 3 aromatic rings. The van der Waals surface area contributed by atoms with Gasteiger partial charge in [0.15, 0.2) is 0 Å². The molecule has 3 rings (SSSR count). The molecular formula is C20H14BrFN2O3. The van der Waals surface area contributed by atoms with Gasteiger partial charge in [0.05, 0.1) is 12.0 Å². The van der Waals surface area contributed by atoms with E-state index in [4.69, 9.17) is 4.42 Å². The smallest absolute Gasteiger partial charge is 0.272 e. The second-order valence-corrected chi connectivity index (χ2v) is 6.39. The zero-order valence-corrected chi connectivity index (χ0v) is 15.5. The van der Waals surface area contributed by atoms with E-state index in [1.165, 1.54) is 24.5 Å². The summed E-state index contributed by atoms with van der Waals surface area (Å²) in [6, 6.07) is 15.9. The monoisotopic (exact) mass is 428 g/mol. The van der Waals surface area contributed by atoms with Crippen LogP contribution in [0, 0.1) is 5.82 Å². The first-order valence-corrected chi connectivity index (χ1v) is 8.70. The van der Waals surface area contributed by atoms with Crippen molar-refractivity contribution in [3.63, 3.8) is 0 Å². The summed E-state index contributed by atoms with van der Waals surface area (Å²) in [5, 5.41) is 4.99. The molecular weight excluding hydrogens is 415 g/mol. The Morgan fingerprint density at radius 2 is 1.81 bits per heavy atom. The van der Waals surface area contributed by atoms with Crippen LogP contribution in [0.25, 0.3) is 6.08 Å². The van der Waals surface area contributed by atoms with Crippen LogP contribution in [0.4, 0.5) is 10.1 Å². The van der Waals surface area contributed by atoms with Gasteiger partial charge in [0, 0.05) is 16.1 Å². The summed E-state index contributed by atoms with van der Waals surface area (Å²) in [5.74, 6) is -1.40. The first kappa shape index (κ1) is 18.6. The first-order valence-electron chi connectivity index (χ1n) is 7.91. The lowest BCUT2D eigenvalue weighted by atomic mass is 10.2. The van der Waals surface area contributed by atoms with Gasteiger partial charge in [-0.2, -0.15) is 0 Å². The lowest BCUT2D eigenvalue weighted by Gasteiger charge is -2.11. The molecule has 0 bridgehead atoms. The molecule has 0 radical (unpaired) electrons. The lowest BCUT2D eigenvalue weighted by molar-refractivity contribution is -0.113. The maximum Gasteiger partial charge on any atom is 0.272 e. The Kier molecular flexibility index (Phi) is 5.83. The highest BCUT2D eigenvalue weighted by Crippen LogP contribution is 2.20. The Hall–Kier alpha value is -3.19. The van der Waals surface area contributed by atoms with Gasteiger partial charge in [-0.25, -0.2) is 4.39 Å². The highest BCUT2D eigenvalue weighted by Gasteiger charge is 2.17. The molecule has 7 heteroatoms. The molecule has 1 aromatic heterocycles. The average molecular weight is 429 g/mol. The number of carbonyl (C=O) groups is 2. The van der Waals surface area contributed by atoms with E-state index in [0.717, 1.165) is 0 Å². The molecule has 2 aromatic carbocycles. The fourth-order valence-electron chi connectivity index (χ4n) is 2.24. The summed E-state index contributed by atoms with van der Waals surface area (Å²) in [6.45, 7) is 0. The predicted octanol–water partition coefficient (Wildman–Crippen LogP) is 4.59. The molecule has 2 N–H and O–H groups in total. The summed E-state index contributed by atoms with van der Waals surface area (Å²) in [7, 11) is 0. The van der Waals surface area contributed by atoms with Crippen molar-refractivity contribution in [3.8, 4) is 0 Å². The molecule has 0 saturated heterocycles. The van der Waals surface area contributed by atoms with E-state index in [2.05, 4.69) is 26.6 Å². The molecule has 0 fully saturated rings. The number of hydrogen-bond donors (Lipinski definition) is 2. The van der Waals surface area contributed by atoms with Crippen LogP contribution in [-0.2, 0) is 4.79 Å². The summed E-state index contributed by atoms with van der Waals surface area (Å²) in [4.78, 5) is 25.0. The summed E-state index contributed by atoms with van der Waals surface area (Å²) in [5.41, 5.74) is 0.286. The number of halogens is 2. The molecule has 0 aliphatic carbocycles. The molecule has 0 aliphatic heterocycles. The van der Waals surface area contributed by atoms with Crippen LogP contribution in [-0.4, -0.2) is 11.8 Å². The molecule has 0 saturated carbocycles. The lowest BCUT2D eigenvalue weighted by Crippen LogP contribution is -2.30. The summed E-state index contributed by atoms with van der Waals surface area (Å²) < 4.78 is 19.8. The number of rotatable bonds is 5. The van der Waals surface area contributed by atoms with Crippen LogP contribution in [0.5, 0.6) is 0 Å². The fourth-order valence-corrected chi connectivity index (χ4v) is 2.57. The molecule has 2 amide bonds. The summed E-state index contributed by atoms with van der Waals surface area (Å²) in [6.07, 6.45) is 2.81. The molecule has 136 valence electrons. The van der Waals surface area contributed by atoms with Gasteiger partial charge < -0.3 is 15.1 Å². The van der Waals surface area contributed by atoms with E-state index >= 15 is 0 Å². The Balaban J connectivity index is 1.85. The van der Waals surface area contributed by atoms with Crippen LogP contribution in [0.1, 0.15) is 16.1 Å². The maximum atomic E-state index is 14.0. The zero-order chi connectivity index (χ0) is 19.2. The third-order valence-corrected chi connectivity index (χ3v) is 4.03. The quantitative estimate of drug-likeness (QED) is 0.583. The van der Waals surface area contributed by atoms with Crippen molar-refractivity contribution in [2.24, 2.45) is 0 Å². The van der Waals surface area contributed by atoms with E-state index in [1.807, 2.05) is 0 Å². The molecule has 0 spiro atoms. The first-order chi connectivity index (χ1) is 13.0. The molecule has 27 heavy (non-hydrogen) atoms. The van der Waals surface area contributed by atoms with Crippen LogP contribution in [0.15, 0.2) is 81.5 Å². The maximum absolute atomic E-state index is 14.0. The molecule has 0 atom stereocenters. The predicted molar refractivity (Wildman–Crippen MR) is 103 cm³/mol. The zero-order valence-electron chi connectivity index (χ0n) is 13.9. The van der Waals surface area contributed by atoms with Gasteiger partial charge in [0.25, 0.3) is 11.8 Å². The number of benzene rings is 2. The Bertz CT molecular complexity index is 986. The molecule has 0 aliphatic rings. The topological polar surface area (TPSA) is 71.3 Å². The largest absolute Gasteiger partial charge is 0.465 e. The van der Waals surface area contributed by atoms with Gasteiger partial charge in [-0.3, -0.25) is 9.59 Å². The van der Waals surface area contributed by atoms with Gasteiger partial charge in [-0.05, 0) is 42.5 Å². The highest BCUT2D eigenvalue weighted by atomic mass is 79.9. The van der Waals surface area contributed by atoms with Crippen molar-refractivity contribution in [3.05, 3.63) is 94.2 Å². The van der Waals surface area contributed by atoms with Crippen LogP contribution in [0.2, 0.25) is 0 Å². The minimum Gasteiger partial charge on any atom is -0.465 e. The third-order valence-electron chi connectivity index (χ3n) is 3.54. The van der Waals surface area contributed by atoms with Crippen molar-refractivity contribution >= 4 is 39.5 Å². The number of furan rings is 1. The molecule has 0 unspecified atom stereocenters. The Labute approximate surface area is 163 Å². The molecule has 5 nitrogen and oxygen atoms in total. The van der Waals surface area contributed by atoms with E-state index in [0.29, 0.717) is 15.8 Å². The normalized spacial score (nSPS) is 11.1. The van der Waals surface area contributed by atoms with Crippen LogP contribution < -0.4 is 10.6 Å². The Morgan fingerprint density at radius 3 is 2.48 bits per heavy atom.